The van der Waals surface area contributed by atoms with E-state index in [9.17, 15) is 19.4 Å². The Hall–Kier alpha value is -0.500. The van der Waals surface area contributed by atoms with Crippen molar-refractivity contribution in [3.05, 3.63) is 0 Å². The number of aliphatic hydroxyl groups excluding tert-OH is 1. The molecule has 0 aromatic carbocycles. The molecule has 0 rings (SSSR count). The summed E-state index contributed by atoms with van der Waals surface area (Å²) >= 11 is 0. The lowest BCUT2D eigenvalue weighted by Gasteiger charge is -2.30. The number of hydrogen-bond acceptors (Lipinski definition) is 6. The minimum absolute atomic E-state index is 0.0166. The highest BCUT2D eigenvalue weighted by Crippen LogP contribution is 2.38. The summed E-state index contributed by atoms with van der Waals surface area (Å²) in [4.78, 5) is 25.5. The molecule has 0 radical (unpaired) electrons. The summed E-state index contributed by atoms with van der Waals surface area (Å²) in [5.41, 5.74) is 0. The Balaban J connectivity index is 3.97. The Morgan fingerprint density at radius 1 is 0.449 bits per heavy atom. The summed E-state index contributed by atoms with van der Waals surface area (Å²) in [6.45, 7) is 4.78. The van der Waals surface area contributed by atoms with Crippen molar-refractivity contribution in [2.75, 3.05) is 40.9 Å². The molecule has 3 atom stereocenters. The highest BCUT2D eigenvalue weighted by molar-refractivity contribution is 7.45. The van der Waals surface area contributed by atoms with Crippen LogP contribution in [0, 0.1) is 0 Å². The average molecular weight is 1000 g/mol. The first-order valence-electron chi connectivity index (χ1n) is 30.9. The van der Waals surface area contributed by atoms with E-state index in [0.29, 0.717) is 23.9 Å². The molecule has 0 bridgehead atoms. The summed E-state index contributed by atoms with van der Waals surface area (Å²) in [6.07, 6.45) is 63.0. The van der Waals surface area contributed by atoms with Gasteiger partial charge in [0.05, 0.1) is 39.9 Å². The van der Waals surface area contributed by atoms with Crippen LogP contribution in [0.3, 0.4) is 0 Å². The average Bonchev–Trinajstić information content (AvgIpc) is 3.31. The number of likely N-dealkylation sites (N-methyl/N-ethyl adjacent to an activating group) is 1. The molecule has 0 aromatic rings. The molecule has 1 amide bonds. The molecular formula is C60H123N2O6P. The van der Waals surface area contributed by atoms with E-state index in [-0.39, 0.29) is 19.1 Å². The normalized spacial score (nSPS) is 13.8. The van der Waals surface area contributed by atoms with Gasteiger partial charge in [-0.1, -0.05) is 309 Å². The van der Waals surface area contributed by atoms with Crippen LogP contribution >= 0.6 is 7.82 Å². The van der Waals surface area contributed by atoms with Crippen LogP contribution in [-0.4, -0.2) is 68.5 Å². The molecule has 2 N–H and O–H groups in total. The van der Waals surface area contributed by atoms with Gasteiger partial charge in [-0.3, -0.25) is 9.36 Å². The van der Waals surface area contributed by atoms with E-state index in [2.05, 4.69) is 19.2 Å². The van der Waals surface area contributed by atoms with Crippen molar-refractivity contribution < 1.29 is 32.9 Å². The maximum Gasteiger partial charge on any atom is 0.268 e. The van der Waals surface area contributed by atoms with E-state index < -0.39 is 20.0 Å². The summed E-state index contributed by atoms with van der Waals surface area (Å²) in [6, 6.07) is -0.795. The number of rotatable bonds is 58. The molecule has 0 aliphatic heterocycles. The first-order valence-corrected chi connectivity index (χ1v) is 32.3. The summed E-state index contributed by atoms with van der Waals surface area (Å²) in [5, 5.41) is 14.0. The van der Waals surface area contributed by atoms with Gasteiger partial charge >= 0.3 is 0 Å². The predicted molar refractivity (Wildman–Crippen MR) is 298 cm³/mol. The maximum atomic E-state index is 13.0. The van der Waals surface area contributed by atoms with Crippen LogP contribution in [-0.2, 0) is 18.4 Å². The zero-order chi connectivity index (χ0) is 50.6. The van der Waals surface area contributed by atoms with Gasteiger partial charge in [0.15, 0.2) is 0 Å². The predicted octanol–water partition coefficient (Wildman–Crippen LogP) is 18.2. The number of phosphoric ester groups is 1. The topological polar surface area (TPSA) is 108 Å². The van der Waals surface area contributed by atoms with Crippen LogP contribution in [0.25, 0.3) is 0 Å². The lowest BCUT2D eigenvalue weighted by atomic mass is 10.0. The van der Waals surface area contributed by atoms with Crippen molar-refractivity contribution in [2.45, 2.75) is 341 Å². The summed E-state index contributed by atoms with van der Waals surface area (Å²) < 4.78 is 23.4. The minimum Gasteiger partial charge on any atom is -0.756 e. The van der Waals surface area contributed by atoms with Crippen LogP contribution < -0.4 is 10.2 Å². The number of aliphatic hydroxyl groups is 1. The van der Waals surface area contributed by atoms with E-state index in [1.807, 2.05) is 21.1 Å². The van der Waals surface area contributed by atoms with Crippen molar-refractivity contribution >= 4 is 13.7 Å². The molecule has 3 unspecified atom stereocenters. The number of carbonyl (C=O) groups is 1. The molecule has 0 saturated heterocycles. The van der Waals surface area contributed by atoms with Gasteiger partial charge in [-0.05, 0) is 12.8 Å². The van der Waals surface area contributed by atoms with Gasteiger partial charge in [0.2, 0.25) is 5.91 Å². The molecule has 0 saturated carbocycles. The quantitative estimate of drug-likeness (QED) is 0.0357. The fraction of sp³-hybridized carbons (Fsp3) is 0.983. The van der Waals surface area contributed by atoms with E-state index in [1.54, 1.807) is 0 Å². The lowest BCUT2D eigenvalue weighted by molar-refractivity contribution is -0.870. The van der Waals surface area contributed by atoms with Gasteiger partial charge in [0, 0.05) is 6.42 Å². The van der Waals surface area contributed by atoms with E-state index in [4.69, 9.17) is 9.05 Å². The number of unbranched alkanes of at least 4 members (excludes halogenated alkanes) is 45. The summed E-state index contributed by atoms with van der Waals surface area (Å²) in [5.74, 6) is -0.157. The summed E-state index contributed by atoms with van der Waals surface area (Å²) in [7, 11) is 1.33. The number of nitrogens with zero attached hydrogens (tertiary/aromatic N) is 1. The Labute approximate surface area is 431 Å². The van der Waals surface area contributed by atoms with Crippen molar-refractivity contribution in [3.63, 3.8) is 0 Å². The van der Waals surface area contributed by atoms with Crippen molar-refractivity contribution in [1.29, 1.82) is 0 Å². The van der Waals surface area contributed by atoms with Crippen molar-refractivity contribution in [3.8, 4) is 0 Å². The van der Waals surface area contributed by atoms with Crippen LogP contribution in [0.15, 0.2) is 0 Å². The molecule has 0 fully saturated rings. The lowest BCUT2D eigenvalue weighted by Crippen LogP contribution is -2.46. The third-order valence-electron chi connectivity index (χ3n) is 14.6. The monoisotopic (exact) mass is 999 g/mol. The highest BCUT2D eigenvalue weighted by Gasteiger charge is 2.24. The van der Waals surface area contributed by atoms with Gasteiger partial charge in [0.25, 0.3) is 7.82 Å². The molecule has 8 nitrogen and oxygen atoms in total. The molecule has 0 aliphatic rings. The second kappa shape index (κ2) is 52.4. The van der Waals surface area contributed by atoms with Crippen LogP contribution in [0.5, 0.6) is 0 Å². The molecule has 0 spiro atoms. The highest BCUT2D eigenvalue weighted by atomic mass is 31.2. The standard InChI is InChI=1S/C60H123N2O6P/c1-6-8-10-12-14-16-18-20-22-23-24-25-26-27-28-29-30-31-32-33-34-35-36-37-38-40-41-43-45-47-49-51-53-59(63)58(57-68-69(65,66)67-56-55-62(3,4)5)61-60(64)54-52-50-48-46-44-42-39-21-19-17-15-13-11-9-7-2/h58-59,63H,6-57H2,1-5H3,(H-,61,64,65,66). The van der Waals surface area contributed by atoms with E-state index in [0.717, 1.165) is 38.5 Å². The second-order valence-electron chi connectivity index (χ2n) is 22.8. The number of phosphoric acid groups is 1. The van der Waals surface area contributed by atoms with Gasteiger partial charge in [-0.2, -0.15) is 0 Å². The SMILES string of the molecule is CCCCCCCCCCCCCCCCCCCCCCCCCCCCCCCCCCC(O)C(COP(=O)([O-])OCC[N+](C)(C)C)NC(=O)CCCCCCCCCCCCCCCCC. The second-order valence-corrected chi connectivity index (χ2v) is 24.2. The number of quaternary nitrogens is 1. The molecule has 0 aliphatic carbocycles. The zero-order valence-corrected chi connectivity index (χ0v) is 48.2. The van der Waals surface area contributed by atoms with Crippen molar-refractivity contribution in [1.82, 2.24) is 5.32 Å². The fourth-order valence-corrected chi connectivity index (χ4v) is 10.5. The Morgan fingerprint density at radius 2 is 0.710 bits per heavy atom. The molecule has 0 heterocycles. The maximum absolute atomic E-state index is 13.0. The Bertz CT molecular complexity index is 1090. The Kier molecular flexibility index (Phi) is 52.0. The number of nitrogens with one attached hydrogen (secondary N) is 1. The van der Waals surface area contributed by atoms with Gasteiger partial charge in [-0.15, -0.1) is 0 Å². The minimum atomic E-state index is -4.57. The first kappa shape index (κ1) is 68.5. The van der Waals surface area contributed by atoms with E-state index >= 15 is 0 Å². The third-order valence-corrected chi connectivity index (χ3v) is 15.6. The molecule has 9 heteroatoms. The van der Waals surface area contributed by atoms with Gasteiger partial charge in [-0.25, -0.2) is 0 Å². The van der Waals surface area contributed by atoms with Crippen molar-refractivity contribution in [2.24, 2.45) is 0 Å². The van der Waals surface area contributed by atoms with E-state index in [1.165, 1.54) is 263 Å². The number of hydrogen-bond donors (Lipinski definition) is 2. The molecule has 414 valence electrons. The van der Waals surface area contributed by atoms with Crippen LogP contribution in [0.4, 0.5) is 0 Å². The zero-order valence-electron chi connectivity index (χ0n) is 47.3. The van der Waals surface area contributed by atoms with Crippen LogP contribution in [0.1, 0.15) is 328 Å². The smallest absolute Gasteiger partial charge is 0.268 e. The van der Waals surface area contributed by atoms with Gasteiger partial charge < -0.3 is 28.8 Å². The fourth-order valence-electron chi connectivity index (χ4n) is 9.75. The van der Waals surface area contributed by atoms with Gasteiger partial charge in [0.1, 0.15) is 13.2 Å². The third kappa shape index (κ3) is 55.1. The number of amides is 1. The number of carbonyl (C=O) groups excluding carboxylic acids is 1. The molecular weight excluding hydrogens is 876 g/mol. The Morgan fingerprint density at radius 3 is 0.986 bits per heavy atom. The molecule has 69 heavy (non-hydrogen) atoms. The first-order chi connectivity index (χ1) is 33.5. The molecule has 0 aromatic heterocycles. The largest absolute Gasteiger partial charge is 0.756 e. The van der Waals surface area contributed by atoms with Crippen LogP contribution in [0.2, 0.25) is 0 Å².